The molecular weight excluding hydrogens is 314 g/mol. The average Bonchev–Trinajstić information content (AvgIpc) is 3.46. The van der Waals surface area contributed by atoms with E-state index < -0.39 is 0 Å². The quantitative estimate of drug-likeness (QED) is 0.833. The van der Waals surface area contributed by atoms with Crippen LogP contribution in [0.25, 0.3) is 0 Å². The molecule has 0 aromatic heterocycles. The van der Waals surface area contributed by atoms with Crippen molar-refractivity contribution in [3.05, 3.63) is 35.4 Å². The molecule has 2 aliphatic rings. The Labute approximate surface area is 150 Å². The van der Waals surface area contributed by atoms with Gasteiger partial charge in [-0.05, 0) is 50.5 Å². The summed E-state index contributed by atoms with van der Waals surface area (Å²) < 4.78 is 0. The summed E-state index contributed by atoms with van der Waals surface area (Å²) in [5.41, 5.74) is 2.38. The van der Waals surface area contributed by atoms with Crippen molar-refractivity contribution in [2.24, 2.45) is 5.92 Å². The molecule has 1 heterocycles. The fourth-order valence-electron chi connectivity index (χ4n) is 3.45. The normalized spacial score (nSPS) is 18.5. The largest absolute Gasteiger partial charge is 0.343 e. The zero-order chi connectivity index (χ0) is 17.6. The van der Waals surface area contributed by atoms with Crippen molar-refractivity contribution < 1.29 is 9.59 Å². The van der Waals surface area contributed by atoms with E-state index in [0.717, 1.165) is 44.3 Å². The van der Waals surface area contributed by atoms with Crippen molar-refractivity contribution in [2.75, 3.05) is 19.6 Å². The number of urea groups is 1. The van der Waals surface area contributed by atoms with Gasteiger partial charge in [0.05, 0.1) is 6.04 Å². The highest BCUT2D eigenvalue weighted by Gasteiger charge is 2.33. The number of carbonyl (C=O) groups is 2. The van der Waals surface area contributed by atoms with Gasteiger partial charge in [0.2, 0.25) is 5.91 Å². The molecule has 1 saturated heterocycles. The third-order valence-corrected chi connectivity index (χ3v) is 5.15. The second-order valence-electron chi connectivity index (χ2n) is 7.32. The lowest BCUT2D eigenvalue weighted by molar-refractivity contribution is -0.131. The molecule has 0 bridgehead atoms. The van der Waals surface area contributed by atoms with E-state index >= 15 is 0 Å². The van der Waals surface area contributed by atoms with Crippen LogP contribution < -0.4 is 10.6 Å². The van der Waals surface area contributed by atoms with Gasteiger partial charge < -0.3 is 15.5 Å². The average molecular weight is 343 g/mol. The summed E-state index contributed by atoms with van der Waals surface area (Å²) in [5, 5.41) is 5.94. The monoisotopic (exact) mass is 343 g/mol. The highest BCUT2D eigenvalue weighted by atomic mass is 16.2. The Morgan fingerprint density at radius 3 is 2.44 bits per heavy atom. The van der Waals surface area contributed by atoms with Gasteiger partial charge in [-0.2, -0.15) is 0 Å². The summed E-state index contributed by atoms with van der Waals surface area (Å²) >= 11 is 0. The molecule has 2 fully saturated rings. The summed E-state index contributed by atoms with van der Waals surface area (Å²) in [7, 11) is 0. The molecule has 1 saturated carbocycles. The summed E-state index contributed by atoms with van der Waals surface area (Å²) in [6.07, 6.45) is 6.11. The third kappa shape index (κ3) is 5.21. The first kappa shape index (κ1) is 17.8. The molecule has 0 radical (unpaired) electrons. The van der Waals surface area contributed by atoms with E-state index in [1.54, 1.807) is 0 Å². The molecule has 25 heavy (non-hydrogen) atoms. The minimum atomic E-state index is -0.177. The minimum Gasteiger partial charge on any atom is -0.343 e. The standard InChI is InChI=1S/C20H29N3O2/c1-15-5-7-16(8-6-15)19(17-9-10-17)22-20(25)21-12-11-18(24)23-13-3-2-4-14-23/h5-8,17,19H,2-4,9-14H2,1H3,(H2,21,22,25)/t19-/m1/s1. The van der Waals surface area contributed by atoms with Crippen LogP contribution >= 0.6 is 0 Å². The smallest absolute Gasteiger partial charge is 0.315 e. The molecule has 1 aromatic rings. The molecule has 5 heteroatoms. The number of amides is 3. The predicted octanol–water partition coefficient (Wildman–Crippen LogP) is 3.15. The third-order valence-electron chi connectivity index (χ3n) is 5.15. The Balaban J connectivity index is 1.44. The van der Waals surface area contributed by atoms with Crippen molar-refractivity contribution in [3.8, 4) is 0 Å². The maximum Gasteiger partial charge on any atom is 0.315 e. The van der Waals surface area contributed by atoms with E-state index in [-0.39, 0.29) is 18.0 Å². The van der Waals surface area contributed by atoms with E-state index in [0.29, 0.717) is 18.9 Å². The summed E-state index contributed by atoms with van der Waals surface area (Å²) in [4.78, 5) is 26.3. The van der Waals surface area contributed by atoms with E-state index in [4.69, 9.17) is 0 Å². The molecule has 0 unspecified atom stereocenters. The fourth-order valence-corrected chi connectivity index (χ4v) is 3.45. The van der Waals surface area contributed by atoms with Crippen molar-refractivity contribution >= 4 is 11.9 Å². The highest BCUT2D eigenvalue weighted by Crippen LogP contribution is 2.40. The van der Waals surface area contributed by atoms with Crippen LogP contribution in [-0.2, 0) is 4.79 Å². The molecule has 136 valence electrons. The second-order valence-corrected chi connectivity index (χ2v) is 7.32. The van der Waals surface area contributed by atoms with Gasteiger partial charge in [-0.3, -0.25) is 4.79 Å². The van der Waals surface area contributed by atoms with Crippen LogP contribution in [0.2, 0.25) is 0 Å². The topological polar surface area (TPSA) is 61.4 Å². The maximum absolute atomic E-state index is 12.2. The summed E-state index contributed by atoms with van der Waals surface area (Å²) in [5.74, 6) is 0.681. The van der Waals surface area contributed by atoms with Gasteiger partial charge in [0.1, 0.15) is 0 Å². The van der Waals surface area contributed by atoms with Crippen molar-refractivity contribution in [3.63, 3.8) is 0 Å². The number of hydrogen-bond acceptors (Lipinski definition) is 2. The van der Waals surface area contributed by atoms with E-state index in [1.165, 1.54) is 12.0 Å². The molecule has 5 nitrogen and oxygen atoms in total. The van der Waals surface area contributed by atoms with E-state index in [2.05, 4.69) is 41.8 Å². The molecule has 1 aliphatic carbocycles. The fraction of sp³-hybridized carbons (Fsp3) is 0.600. The SMILES string of the molecule is Cc1ccc([C@@H](NC(=O)NCCC(=O)N2CCCCC2)C2CC2)cc1. The molecule has 0 spiro atoms. The van der Waals surface area contributed by atoms with Crippen LogP contribution in [0.5, 0.6) is 0 Å². The number of hydrogen-bond donors (Lipinski definition) is 2. The van der Waals surface area contributed by atoms with Gasteiger partial charge >= 0.3 is 6.03 Å². The Kier molecular flexibility index (Phi) is 5.95. The number of aryl methyl sites for hydroxylation is 1. The molecule has 1 atom stereocenters. The van der Waals surface area contributed by atoms with Crippen LogP contribution in [0.15, 0.2) is 24.3 Å². The summed E-state index contributed by atoms with van der Waals surface area (Å²) in [6, 6.07) is 8.25. The van der Waals surface area contributed by atoms with Gasteiger partial charge in [0.15, 0.2) is 0 Å². The first-order valence-electron chi connectivity index (χ1n) is 9.52. The lowest BCUT2D eigenvalue weighted by Gasteiger charge is -2.26. The van der Waals surface area contributed by atoms with Gasteiger partial charge in [0, 0.05) is 26.1 Å². The number of carbonyl (C=O) groups excluding carboxylic acids is 2. The van der Waals surface area contributed by atoms with Crippen molar-refractivity contribution in [1.82, 2.24) is 15.5 Å². The van der Waals surface area contributed by atoms with Gasteiger partial charge in [-0.1, -0.05) is 29.8 Å². The molecule has 2 N–H and O–H groups in total. The Morgan fingerprint density at radius 1 is 1.12 bits per heavy atom. The Hall–Kier alpha value is -2.04. The molecule has 3 amide bonds. The van der Waals surface area contributed by atoms with Gasteiger partial charge in [-0.25, -0.2) is 4.79 Å². The van der Waals surface area contributed by atoms with Crippen LogP contribution in [0, 0.1) is 12.8 Å². The number of benzene rings is 1. The number of rotatable bonds is 6. The zero-order valence-corrected chi connectivity index (χ0v) is 15.1. The Bertz CT molecular complexity index is 589. The lowest BCUT2D eigenvalue weighted by atomic mass is 10.0. The van der Waals surface area contributed by atoms with E-state index in [9.17, 15) is 9.59 Å². The van der Waals surface area contributed by atoms with Gasteiger partial charge in [0.25, 0.3) is 0 Å². The maximum atomic E-state index is 12.2. The first-order valence-corrected chi connectivity index (χ1v) is 9.52. The van der Waals surface area contributed by atoms with E-state index in [1.807, 2.05) is 4.90 Å². The molecule has 3 rings (SSSR count). The van der Waals surface area contributed by atoms with Crippen LogP contribution in [0.1, 0.15) is 55.7 Å². The number of nitrogens with zero attached hydrogens (tertiary/aromatic N) is 1. The number of nitrogens with one attached hydrogen (secondary N) is 2. The molecular formula is C20H29N3O2. The zero-order valence-electron chi connectivity index (χ0n) is 15.1. The van der Waals surface area contributed by atoms with Crippen molar-refractivity contribution in [2.45, 2.75) is 51.5 Å². The Morgan fingerprint density at radius 2 is 1.80 bits per heavy atom. The van der Waals surface area contributed by atoms with Crippen LogP contribution in [0.3, 0.4) is 0 Å². The minimum absolute atomic E-state index is 0.0680. The molecule has 1 aliphatic heterocycles. The van der Waals surface area contributed by atoms with Gasteiger partial charge in [-0.15, -0.1) is 0 Å². The van der Waals surface area contributed by atoms with Crippen molar-refractivity contribution in [1.29, 1.82) is 0 Å². The second kappa shape index (κ2) is 8.37. The number of piperidine rings is 1. The van der Waals surface area contributed by atoms with Crippen LogP contribution in [0.4, 0.5) is 4.79 Å². The summed E-state index contributed by atoms with van der Waals surface area (Å²) in [6.45, 7) is 4.19. The predicted molar refractivity (Wildman–Crippen MR) is 98.2 cm³/mol. The first-order chi connectivity index (χ1) is 12.1. The highest BCUT2D eigenvalue weighted by molar-refractivity contribution is 5.78. The van der Waals surface area contributed by atoms with Crippen LogP contribution in [-0.4, -0.2) is 36.5 Å². The lowest BCUT2D eigenvalue weighted by Crippen LogP contribution is -2.41. The number of likely N-dealkylation sites (tertiary alicyclic amines) is 1. The molecule has 1 aromatic carbocycles.